The Bertz CT molecular complexity index is 992. The zero-order valence-corrected chi connectivity index (χ0v) is 17.3. The Labute approximate surface area is 174 Å². The van der Waals surface area contributed by atoms with E-state index in [0.29, 0.717) is 22.9 Å². The third-order valence-electron chi connectivity index (χ3n) is 5.48. The van der Waals surface area contributed by atoms with Gasteiger partial charge >= 0.3 is 0 Å². The maximum absolute atomic E-state index is 13.2. The van der Waals surface area contributed by atoms with Crippen molar-refractivity contribution in [1.82, 2.24) is 0 Å². The summed E-state index contributed by atoms with van der Waals surface area (Å²) in [6.07, 6.45) is 1.39. The highest BCUT2D eigenvalue weighted by molar-refractivity contribution is 6.31. The molecule has 1 aliphatic carbocycles. The van der Waals surface area contributed by atoms with Gasteiger partial charge in [-0.15, -0.1) is 0 Å². The lowest BCUT2D eigenvalue weighted by atomic mass is 9.69. The molecule has 2 aromatic carbocycles. The smallest absolute Gasteiger partial charge is 0.232 e. The van der Waals surface area contributed by atoms with Crippen molar-refractivity contribution in [2.75, 3.05) is 4.90 Å². The summed E-state index contributed by atoms with van der Waals surface area (Å²) in [7, 11) is 0. The lowest BCUT2D eigenvalue weighted by molar-refractivity contribution is -0.121. The SMILES string of the molecule is CC1(C)CC(=O)C2=C(C1)N(c1ccc(Cl)cc1)C(=O)CC2c1cccc(Cl)c1. The van der Waals surface area contributed by atoms with E-state index >= 15 is 0 Å². The van der Waals surface area contributed by atoms with Crippen LogP contribution in [0.25, 0.3) is 0 Å². The molecule has 4 rings (SSSR count). The van der Waals surface area contributed by atoms with Gasteiger partial charge in [-0.3, -0.25) is 14.5 Å². The number of anilines is 1. The van der Waals surface area contributed by atoms with Crippen LogP contribution in [-0.4, -0.2) is 11.7 Å². The molecule has 2 aromatic rings. The van der Waals surface area contributed by atoms with Crippen molar-refractivity contribution in [2.45, 2.75) is 39.0 Å². The second-order valence-corrected chi connectivity index (χ2v) is 9.19. The van der Waals surface area contributed by atoms with E-state index in [-0.39, 0.29) is 29.4 Å². The van der Waals surface area contributed by atoms with Gasteiger partial charge in [0.15, 0.2) is 5.78 Å². The van der Waals surface area contributed by atoms with E-state index in [1.165, 1.54) is 0 Å². The van der Waals surface area contributed by atoms with Crippen LogP contribution in [-0.2, 0) is 9.59 Å². The van der Waals surface area contributed by atoms with Crippen LogP contribution in [0.15, 0.2) is 59.8 Å². The van der Waals surface area contributed by atoms with E-state index in [0.717, 1.165) is 22.5 Å². The lowest BCUT2D eigenvalue weighted by Gasteiger charge is -2.43. The number of hydrogen-bond donors (Lipinski definition) is 0. The Kier molecular flexibility index (Phi) is 4.84. The monoisotopic (exact) mass is 413 g/mol. The van der Waals surface area contributed by atoms with E-state index in [4.69, 9.17) is 23.2 Å². The summed E-state index contributed by atoms with van der Waals surface area (Å²) in [6, 6.07) is 14.7. The number of halogens is 2. The number of carbonyl (C=O) groups is 2. The van der Waals surface area contributed by atoms with Gasteiger partial charge < -0.3 is 0 Å². The first-order chi connectivity index (χ1) is 13.2. The third kappa shape index (κ3) is 3.49. The Hall–Kier alpha value is -2.10. The molecular weight excluding hydrogens is 393 g/mol. The molecule has 28 heavy (non-hydrogen) atoms. The zero-order chi connectivity index (χ0) is 20.1. The fourth-order valence-electron chi connectivity index (χ4n) is 4.31. The van der Waals surface area contributed by atoms with E-state index in [1.54, 1.807) is 23.1 Å². The molecule has 144 valence electrons. The molecule has 0 saturated heterocycles. The Morgan fingerprint density at radius 2 is 1.68 bits per heavy atom. The summed E-state index contributed by atoms with van der Waals surface area (Å²) in [6.45, 7) is 4.14. The molecule has 1 atom stereocenters. The van der Waals surface area contributed by atoms with Crippen molar-refractivity contribution >= 4 is 40.6 Å². The van der Waals surface area contributed by atoms with Crippen LogP contribution in [0.3, 0.4) is 0 Å². The van der Waals surface area contributed by atoms with Crippen LogP contribution in [0.5, 0.6) is 0 Å². The molecule has 2 aliphatic rings. The number of benzene rings is 2. The Balaban J connectivity index is 1.89. The molecule has 0 N–H and O–H groups in total. The van der Waals surface area contributed by atoms with E-state index in [9.17, 15) is 9.59 Å². The second kappa shape index (κ2) is 7.06. The molecule has 1 unspecified atom stereocenters. The maximum atomic E-state index is 13.2. The number of Topliss-reactive ketones (excluding diaryl/α,β-unsaturated/α-hetero) is 1. The number of rotatable bonds is 2. The standard InChI is InChI=1S/C23H21Cl2NO2/c1-23(2)12-19-22(20(27)13-23)18(14-4-3-5-16(25)10-14)11-21(28)26(19)17-8-6-15(24)7-9-17/h3-10,18H,11-13H2,1-2H3. The summed E-state index contributed by atoms with van der Waals surface area (Å²) >= 11 is 12.2. The first-order valence-corrected chi connectivity index (χ1v) is 10.1. The van der Waals surface area contributed by atoms with E-state index in [2.05, 4.69) is 13.8 Å². The van der Waals surface area contributed by atoms with Crippen LogP contribution >= 0.6 is 23.2 Å². The number of ketones is 1. The number of carbonyl (C=O) groups excluding carboxylic acids is 2. The lowest BCUT2D eigenvalue weighted by Crippen LogP contribution is -2.43. The molecule has 0 bridgehead atoms. The molecule has 1 heterocycles. The minimum absolute atomic E-state index is 0.0171. The Morgan fingerprint density at radius 3 is 2.36 bits per heavy atom. The van der Waals surface area contributed by atoms with Gasteiger partial charge in [0.1, 0.15) is 0 Å². The average Bonchev–Trinajstić information content (AvgIpc) is 2.61. The number of allylic oxidation sites excluding steroid dienone is 2. The second-order valence-electron chi connectivity index (χ2n) is 8.32. The quantitative estimate of drug-likeness (QED) is 0.591. The Morgan fingerprint density at radius 1 is 0.964 bits per heavy atom. The van der Waals surface area contributed by atoms with Crippen molar-refractivity contribution < 1.29 is 9.59 Å². The number of hydrogen-bond acceptors (Lipinski definition) is 2. The molecule has 0 spiro atoms. The summed E-state index contributed by atoms with van der Waals surface area (Å²) in [5.74, 6) is -0.160. The van der Waals surface area contributed by atoms with E-state index in [1.807, 2.05) is 30.3 Å². The number of amides is 1. The van der Waals surface area contributed by atoms with Crippen LogP contribution < -0.4 is 4.90 Å². The fraction of sp³-hybridized carbons (Fsp3) is 0.304. The van der Waals surface area contributed by atoms with Gasteiger partial charge in [-0.2, -0.15) is 0 Å². The van der Waals surface area contributed by atoms with Gasteiger partial charge in [0.2, 0.25) is 5.91 Å². The zero-order valence-electron chi connectivity index (χ0n) is 15.8. The van der Waals surface area contributed by atoms with Gasteiger partial charge in [-0.25, -0.2) is 0 Å². The minimum Gasteiger partial charge on any atom is -0.294 e. The summed E-state index contributed by atoms with van der Waals surface area (Å²) in [5, 5.41) is 1.22. The molecule has 0 saturated carbocycles. The summed E-state index contributed by atoms with van der Waals surface area (Å²) in [4.78, 5) is 28.1. The topological polar surface area (TPSA) is 37.4 Å². The minimum atomic E-state index is -0.256. The molecule has 0 radical (unpaired) electrons. The molecule has 1 aliphatic heterocycles. The van der Waals surface area contributed by atoms with Crippen molar-refractivity contribution in [1.29, 1.82) is 0 Å². The summed E-state index contributed by atoms with van der Waals surface area (Å²) in [5.41, 5.74) is 3.02. The molecule has 0 aromatic heterocycles. The third-order valence-corrected chi connectivity index (χ3v) is 5.97. The maximum Gasteiger partial charge on any atom is 0.232 e. The van der Waals surface area contributed by atoms with Gasteiger partial charge in [0, 0.05) is 45.8 Å². The molecular formula is C23H21Cl2NO2. The van der Waals surface area contributed by atoms with Gasteiger partial charge in [-0.05, 0) is 53.8 Å². The molecule has 5 heteroatoms. The number of nitrogens with zero attached hydrogens (tertiary/aromatic N) is 1. The first-order valence-electron chi connectivity index (χ1n) is 9.35. The van der Waals surface area contributed by atoms with Gasteiger partial charge in [-0.1, -0.05) is 49.2 Å². The van der Waals surface area contributed by atoms with Gasteiger partial charge in [0.05, 0.1) is 0 Å². The highest BCUT2D eigenvalue weighted by Crippen LogP contribution is 2.48. The van der Waals surface area contributed by atoms with Crippen molar-refractivity contribution in [2.24, 2.45) is 5.41 Å². The van der Waals surface area contributed by atoms with Crippen LogP contribution in [0.4, 0.5) is 5.69 Å². The first kappa shape index (κ1) is 19.2. The highest BCUT2D eigenvalue weighted by atomic mass is 35.5. The normalized spacial score (nSPS) is 21.7. The highest BCUT2D eigenvalue weighted by Gasteiger charge is 2.44. The molecule has 1 amide bonds. The molecule has 3 nitrogen and oxygen atoms in total. The van der Waals surface area contributed by atoms with Crippen molar-refractivity contribution in [3.8, 4) is 0 Å². The van der Waals surface area contributed by atoms with E-state index < -0.39 is 0 Å². The largest absolute Gasteiger partial charge is 0.294 e. The fourth-order valence-corrected chi connectivity index (χ4v) is 4.64. The van der Waals surface area contributed by atoms with Gasteiger partial charge in [0.25, 0.3) is 0 Å². The molecule has 0 fully saturated rings. The summed E-state index contributed by atoms with van der Waals surface area (Å²) < 4.78 is 0. The van der Waals surface area contributed by atoms with Crippen LogP contribution in [0.2, 0.25) is 10.0 Å². The average molecular weight is 414 g/mol. The van der Waals surface area contributed by atoms with Crippen molar-refractivity contribution in [3.05, 3.63) is 75.4 Å². The predicted molar refractivity (Wildman–Crippen MR) is 113 cm³/mol. The van der Waals surface area contributed by atoms with Crippen LogP contribution in [0.1, 0.15) is 44.6 Å². The van der Waals surface area contributed by atoms with Crippen LogP contribution in [0, 0.1) is 5.41 Å². The predicted octanol–water partition coefficient (Wildman–Crippen LogP) is 6.16. The van der Waals surface area contributed by atoms with Crippen molar-refractivity contribution in [3.63, 3.8) is 0 Å².